The molecular weight excluding hydrogens is 1100 g/mol. The molecule has 21 nitrogen and oxygen atoms in total. The average molecular weight is 1170 g/mol. The quantitative estimate of drug-likeness (QED) is 0.0387. The Hall–Kier alpha value is -7.28. The number of hydrogen-bond acceptors (Lipinski definition) is 16. The minimum absolute atomic E-state index is 0.0250. The van der Waals surface area contributed by atoms with Crippen molar-refractivity contribution in [2.24, 2.45) is 11.1 Å². The topological polar surface area (TPSA) is 267 Å². The second kappa shape index (κ2) is 27.2. The summed E-state index contributed by atoms with van der Waals surface area (Å²) >= 11 is 8.42. The van der Waals surface area contributed by atoms with Gasteiger partial charge in [-0.3, -0.25) is 19.2 Å². The first-order chi connectivity index (χ1) is 39.2. The number of amides is 6. The van der Waals surface area contributed by atoms with Gasteiger partial charge in [0.25, 0.3) is 0 Å². The molecule has 82 heavy (non-hydrogen) atoms. The van der Waals surface area contributed by atoms with Crippen LogP contribution in [-0.4, -0.2) is 180 Å². The van der Waals surface area contributed by atoms with Gasteiger partial charge in [-0.15, -0.1) is 11.3 Å². The van der Waals surface area contributed by atoms with E-state index in [1.165, 1.54) is 20.8 Å². The van der Waals surface area contributed by atoms with Crippen LogP contribution in [0.15, 0.2) is 72.2 Å². The lowest BCUT2D eigenvalue weighted by Crippen LogP contribution is -2.58. The van der Waals surface area contributed by atoms with Crippen LogP contribution in [0.1, 0.15) is 57.8 Å². The van der Waals surface area contributed by atoms with Crippen molar-refractivity contribution in [2.75, 3.05) is 103 Å². The number of likely N-dealkylation sites (tertiary alicyclic amines) is 1. The zero-order valence-electron chi connectivity index (χ0n) is 46.9. The minimum Gasteiger partial charge on any atom is -0.508 e. The number of aromatic hydroxyl groups is 1. The summed E-state index contributed by atoms with van der Waals surface area (Å²) in [5, 5.41) is 31.9. The van der Waals surface area contributed by atoms with Gasteiger partial charge in [-0.2, -0.15) is 4.98 Å². The standard InChI is InChI=1S/C58H71ClFN11O10S/c1-34(36-11-13-37(14-12-36)51-35(2)63-33-82-51)64-54(76)45-29-40(73)31-71(45)55(77)52(58(3,4)5)65-46(74)32-81-26-25-80-24-23-79-22-21-68(6)47(75)15-16-62-57-66-50-43(53(67-57)69-17-19-70(20-18-69)56(61)78)30-44(59)48(49(50)60)42-28-39(72)27-38-9-7-8-10-41(38)42/h7-14,27-28,30,33-34,40,45,52,72-73H,15-26,29,31-32H2,1-6H3,(H2,61,78)(H,64,76)(H,65,74)(H,62,66,67)/t34-,40+,45-,52+/m0/s1. The average Bonchev–Trinajstić information content (AvgIpc) is 3.94. The number of phenolic OH excluding ortho intramolecular Hbond substituents is 1. The fraction of sp³-hybridized carbons (Fsp3) is 0.448. The van der Waals surface area contributed by atoms with Gasteiger partial charge in [0.2, 0.25) is 29.6 Å². The van der Waals surface area contributed by atoms with E-state index in [2.05, 4.69) is 25.9 Å². The van der Waals surface area contributed by atoms with Gasteiger partial charge in [0, 0.05) is 76.7 Å². The number of nitrogens with zero attached hydrogens (tertiary/aromatic N) is 7. The van der Waals surface area contributed by atoms with E-state index in [0.29, 0.717) is 53.7 Å². The Kier molecular flexibility index (Phi) is 20.2. The molecule has 0 aliphatic carbocycles. The highest BCUT2D eigenvalue weighted by molar-refractivity contribution is 7.13. The van der Waals surface area contributed by atoms with E-state index >= 15 is 4.39 Å². The molecule has 8 rings (SSSR count). The molecule has 0 bridgehead atoms. The Balaban J connectivity index is 0.750. The van der Waals surface area contributed by atoms with Gasteiger partial charge in [0.15, 0.2) is 5.82 Å². The lowest BCUT2D eigenvalue weighted by atomic mass is 9.85. The van der Waals surface area contributed by atoms with Crippen LogP contribution in [0, 0.1) is 18.2 Å². The molecule has 2 aliphatic heterocycles. The molecule has 2 fully saturated rings. The Bertz CT molecular complexity index is 3270. The number of ether oxygens (including phenoxy) is 3. The highest BCUT2D eigenvalue weighted by Crippen LogP contribution is 2.42. The number of urea groups is 1. The van der Waals surface area contributed by atoms with Gasteiger partial charge in [0.05, 0.1) is 66.3 Å². The number of aryl methyl sites for hydroxylation is 1. The van der Waals surface area contributed by atoms with Gasteiger partial charge in [-0.25, -0.2) is 19.2 Å². The van der Waals surface area contributed by atoms with Gasteiger partial charge in [0.1, 0.15) is 35.8 Å². The number of thiazole rings is 1. The summed E-state index contributed by atoms with van der Waals surface area (Å²) in [6.45, 7) is 11.5. The van der Waals surface area contributed by atoms with E-state index in [4.69, 9.17) is 36.5 Å². The Labute approximate surface area is 484 Å². The fourth-order valence-corrected chi connectivity index (χ4v) is 11.1. The van der Waals surface area contributed by atoms with E-state index in [1.807, 2.05) is 67.3 Å². The predicted octanol–water partition coefficient (Wildman–Crippen LogP) is 6.26. The van der Waals surface area contributed by atoms with Crippen LogP contribution in [0.2, 0.25) is 5.02 Å². The number of nitrogens with one attached hydrogen (secondary N) is 3. The molecule has 2 aromatic heterocycles. The first-order valence-electron chi connectivity index (χ1n) is 27.2. The predicted molar refractivity (Wildman–Crippen MR) is 312 cm³/mol. The number of carbonyl (C=O) groups is 5. The van der Waals surface area contributed by atoms with E-state index in [1.54, 1.807) is 56.8 Å². The second-order valence-electron chi connectivity index (χ2n) is 21.5. The molecule has 0 saturated carbocycles. The molecule has 0 radical (unpaired) electrons. The number of rotatable bonds is 23. The number of benzene rings is 4. The summed E-state index contributed by atoms with van der Waals surface area (Å²) in [6.07, 6.45) is -0.802. The molecule has 2 aliphatic rings. The third kappa shape index (κ3) is 14.8. The number of β-amino-alcohol motifs (C(OH)–C–C–N with tert-alkyl or cyclic N) is 1. The number of aliphatic hydroxyl groups excluding tert-OH is 1. The normalized spacial score (nSPS) is 16.3. The van der Waals surface area contributed by atoms with Crippen LogP contribution >= 0.6 is 22.9 Å². The zero-order valence-corrected chi connectivity index (χ0v) is 48.4. The number of phenols is 1. The van der Waals surface area contributed by atoms with E-state index < -0.39 is 53.2 Å². The van der Waals surface area contributed by atoms with Crippen molar-refractivity contribution in [3.63, 3.8) is 0 Å². The largest absolute Gasteiger partial charge is 0.508 e. The molecule has 6 aromatic rings. The number of fused-ring (bicyclic) bond motifs is 2. The fourth-order valence-electron chi connectivity index (χ4n) is 10.0. The van der Waals surface area contributed by atoms with Crippen molar-refractivity contribution in [3.05, 3.63) is 94.3 Å². The summed E-state index contributed by atoms with van der Waals surface area (Å²) in [5.41, 5.74) is 9.86. The van der Waals surface area contributed by atoms with Crippen molar-refractivity contribution in [1.82, 2.24) is 40.3 Å². The molecule has 4 atom stereocenters. The SMILES string of the molecule is Cc1ncsc1-c1ccc([C@H](C)NC(=O)[C@@H]2C[C@@H](O)CN2C(=O)[C@@H](NC(=O)COCCOCCOCCN(C)C(=O)CCNc2nc(N3CCN(C(N)=O)CC3)c3cc(Cl)c(-c4cc(O)cc5ccccc45)c(F)c3n2)C(C)(C)C)cc1. The van der Waals surface area contributed by atoms with Crippen molar-refractivity contribution in [2.45, 2.75) is 71.7 Å². The number of hydrogen-bond donors (Lipinski definition) is 6. The molecule has 0 spiro atoms. The molecule has 0 unspecified atom stereocenters. The Morgan fingerprint density at radius 1 is 0.927 bits per heavy atom. The third-order valence-corrected chi connectivity index (χ3v) is 15.8. The molecule has 4 aromatic carbocycles. The van der Waals surface area contributed by atoms with Gasteiger partial charge < -0.3 is 65.7 Å². The number of nitrogens with two attached hydrogens (primary N) is 1. The lowest BCUT2D eigenvalue weighted by Gasteiger charge is -2.35. The minimum atomic E-state index is -1.02. The highest BCUT2D eigenvalue weighted by Gasteiger charge is 2.45. The van der Waals surface area contributed by atoms with Crippen LogP contribution in [0.3, 0.4) is 0 Å². The molecule has 4 heterocycles. The van der Waals surface area contributed by atoms with E-state index in [-0.39, 0.29) is 112 Å². The summed E-state index contributed by atoms with van der Waals surface area (Å²) < 4.78 is 33.8. The molecule has 24 heteroatoms. The summed E-state index contributed by atoms with van der Waals surface area (Å²) in [4.78, 5) is 87.0. The number of primary amides is 1. The van der Waals surface area contributed by atoms with Gasteiger partial charge in [-0.05, 0) is 64.9 Å². The molecule has 7 N–H and O–H groups in total. The molecule has 6 amide bonds. The van der Waals surface area contributed by atoms with Crippen molar-refractivity contribution in [1.29, 1.82) is 0 Å². The number of piperazine rings is 1. The van der Waals surface area contributed by atoms with Gasteiger partial charge >= 0.3 is 6.03 Å². The number of carbonyl (C=O) groups excluding carboxylic acids is 5. The van der Waals surface area contributed by atoms with Crippen LogP contribution < -0.4 is 26.6 Å². The second-order valence-corrected chi connectivity index (χ2v) is 22.8. The van der Waals surface area contributed by atoms with Crippen molar-refractivity contribution in [3.8, 4) is 27.3 Å². The number of halogens is 2. The maximum atomic E-state index is 17.0. The summed E-state index contributed by atoms with van der Waals surface area (Å²) in [7, 11) is 1.65. The number of anilines is 2. The highest BCUT2D eigenvalue weighted by atomic mass is 35.5. The van der Waals surface area contributed by atoms with Crippen molar-refractivity contribution < 1.29 is 52.8 Å². The molecular formula is C58H71ClFN11O10S. The summed E-state index contributed by atoms with van der Waals surface area (Å²) in [6, 6.07) is 16.9. The van der Waals surface area contributed by atoms with E-state index in [0.717, 1.165) is 21.7 Å². The maximum absolute atomic E-state index is 17.0. The first kappa shape index (κ1) is 60.8. The zero-order chi connectivity index (χ0) is 58.8. The Morgan fingerprint density at radius 3 is 2.30 bits per heavy atom. The third-order valence-electron chi connectivity index (χ3n) is 14.5. The molecule has 438 valence electrons. The summed E-state index contributed by atoms with van der Waals surface area (Å²) in [5.74, 6) is -1.93. The number of aromatic nitrogens is 3. The Morgan fingerprint density at radius 2 is 1.62 bits per heavy atom. The van der Waals surface area contributed by atoms with Crippen LogP contribution in [0.25, 0.3) is 43.2 Å². The van der Waals surface area contributed by atoms with Crippen molar-refractivity contribution >= 4 is 86.0 Å². The van der Waals surface area contributed by atoms with Crippen LogP contribution in [0.5, 0.6) is 5.75 Å². The van der Waals surface area contributed by atoms with E-state index in [9.17, 15) is 34.2 Å². The molecule has 2 saturated heterocycles. The lowest BCUT2D eigenvalue weighted by molar-refractivity contribution is -0.144. The number of likely N-dealkylation sites (N-methyl/N-ethyl adjacent to an activating group) is 1. The van der Waals surface area contributed by atoms with Crippen LogP contribution in [-0.2, 0) is 33.4 Å². The smallest absolute Gasteiger partial charge is 0.314 e. The number of aliphatic hydroxyl groups is 1. The maximum Gasteiger partial charge on any atom is 0.314 e. The van der Waals surface area contributed by atoms with Gasteiger partial charge in [-0.1, -0.05) is 80.9 Å². The first-order valence-corrected chi connectivity index (χ1v) is 28.4. The van der Waals surface area contributed by atoms with Crippen LogP contribution in [0.4, 0.5) is 21.0 Å². The monoisotopic (exact) mass is 1170 g/mol.